The minimum atomic E-state index is -4.45. The largest absolute Gasteiger partial charge is 0.497 e. The number of fused-ring (bicyclic) bond motifs is 3. The number of aromatic nitrogens is 1. The van der Waals surface area contributed by atoms with Gasteiger partial charge in [-0.15, -0.1) is 0 Å². The number of nitrogens with zero attached hydrogens (tertiary/aromatic N) is 1. The predicted molar refractivity (Wildman–Crippen MR) is 113 cm³/mol. The first-order valence-corrected chi connectivity index (χ1v) is 10.5. The number of amides is 1. The molecule has 1 aliphatic rings. The summed E-state index contributed by atoms with van der Waals surface area (Å²) in [6, 6.07) is 10.4. The molecular weight excluding hydrogens is 405 g/mol. The Labute approximate surface area is 179 Å². The lowest BCUT2D eigenvalue weighted by atomic mass is 9.91. The van der Waals surface area contributed by atoms with Crippen LogP contribution in [0.15, 0.2) is 42.5 Å². The van der Waals surface area contributed by atoms with E-state index in [1.165, 1.54) is 6.07 Å². The fraction of sp³-hybridized carbons (Fsp3) is 0.375. The average Bonchev–Trinajstić information content (AvgIpc) is 3.14. The molecule has 4 nitrogen and oxygen atoms in total. The van der Waals surface area contributed by atoms with Gasteiger partial charge in [0, 0.05) is 29.6 Å². The van der Waals surface area contributed by atoms with Gasteiger partial charge >= 0.3 is 6.18 Å². The van der Waals surface area contributed by atoms with Crippen LogP contribution in [0.2, 0.25) is 0 Å². The number of aromatic amines is 1. The number of rotatable bonds is 5. The number of carbonyl (C=O) groups excluding carboxylic acids is 1. The highest BCUT2D eigenvalue weighted by atomic mass is 19.4. The third-order valence-corrected chi connectivity index (χ3v) is 5.93. The molecule has 1 amide bonds. The Hall–Kier alpha value is -2.96. The number of methoxy groups -OCH3 is 1. The second-order valence-corrected chi connectivity index (χ2v) is 7.90. The molecule has 164 valence electrons. The highest BCUT2D eigenvalue weighted by Crippen LogP contribution is 2.41. The average molecular weight is 430 g/mol. The molecule has 3 aromatic rings. The standard InChI is InChI=1S/C24H25F3N2O2/c1-3-4-8-21(30)29-12-11-18-19-14-17(31-2)9-10-20(19)28-22(18)23(29)15-6-5-7-16(13-15)24(25,26)27/h5-7,9-10,13-14,23,28H,3-4,8,11-12H2,1-2H3. The lowest BCUT2D eigenvalue weighted by molar-refractivity contribution is -0.137. The van der Waals surface area contributed by atoms with Crippen molar-refractivity contribution in [3.63, 3.8) is 0 Å². The normalized spacial score (nSPS) is 16.4. The molecule has 0 aliphatic carbocycles. The number of benzene rings is 2. The third kappa shape index (κ3) is 4.01. The van der Waals surface area contributed by atoms with E-state index in [2.05, 4.69) is 4.98 Å². The number of alkyl halides is 3. The molecule has 0 bridgehead atoms. The molecule has 0 fully saturated rings. The fourth-order valence-corrected chi connectivity index (χ4v) is 4.37. The number of H-pyrrole nitrogens is 1. The van der Waals surface area contributed by atoms with Crippen LogP contribution in [-0.2, 0) is 17.4 Å². The first kappa shape index (κ1) is 21.3. The van der Waals surface area contributed by atoms with E-state index in [1.54, 1.807) is 18.1 Å². The van der Waals surface area contributed by atoms with Crippen LogP contribution in [0.5, 0.6) is 5.75 Å². The maximum atomic E-state index is 13.4. The van der Waals surface area contributed by atoms with Gasteiger partial charge in [0.1, 0.15) is 5.75 Å². The molecule has 0 spiro atoms. The van der Waals surface area contributed by atoms with Gasteiger partial charge in [-0.3, -0.25) is 4.79 Å². The SMILES string of the molecule is CCCCC(=O)N1CCc2c([nH]c3ccc(OC)cc23)C1c1cccc(C(F)(F)F)c1. The Morgan fingerprint density at radius 3 is 2.74 bits per heavy atom. The van der Waals surface area contributed by atoms with Gasteiger partial charge in [0.2, 0.25) is 5.91 Å². The molecule has 7 heteroatoms. The maximum Gasteiger partial charge on any atom is 0.416 e. The second-order valence-electron chi connectivity index (χ2n) is 7.90. The fourth-order valence-electron chi connectivity index (χ4n) is 4.37. The minimum absolute atomic E-state index is 0.0360. The molecule has 1 atom stereocenters. The molecule has 0 saturated carbocycles. The lowest BCUT2D eigenvalue weighted by Crippen LogP contribution is -2.40. The number of halogens is 3. The zero-order valence-electron chi connectivity index (χ0n) is 17.6. The van der Waals surface area contributed by atoms with Crippen molar-refractivity contribution in [2.45, 2.75) is 44.8 Å². The summed E-state index contributed by atoms with van der Waals surface area (Å²) in [5.41, 5.74) is 2.43. The summed E-state index contributed by atoms with van der Waals surface area (Å²) >= 11 is 0. The maximum absolute atomic E-state index is 13.4. The Kier molecular flexibility index (Phi) is 5.69. The number of unbranched alkanes of at least 4 members (excludes halogenated alkanes) is 1. The summed E-state index contributed by atoms with van der Waals surface area (Å²) in [6.45, 7) is 2.47. The molecule has 0 saturated heterocycles. The summed E-state index contributed by atoms with van der Waals surface area (Å²) in [5.74, 6) is 0.678. The Morgan fingerprint density at radius 1 is 1.23 bits per heavy atom. The highest BCUT2D eigenvalue weighted by molar-refractivity contribution is 5.88. The van der Waals surface area contributed by atoms with Crippen molar-refractivity contribution in [1.82, 2.24) is 9.88 Å². The summed E-state index contributed by atoms with van der Waals surface area (Å²) in [4.78, 5) is 18.1. The van der Waals surface area contributed by atoms with Gasteiger partial charge in [0.15, 0.2) is 0 Å². The Bertz CT molecular complexity index is 1100. The number of hydrogen-bond donors (Lipinski definition) is 1. The van der Waals surface area contributed by atoms with E-state index >= 15 is 0 Å². The summed E-state index contributed by atoms with van der Waals surface area (Å²) < 4.78 is 45.6. The molecule has 31 heavy (non-hydrogen) atoms. The lowest BCUT2D eigenvalue weighted by Gasteiger charge is -2.36. The zero-order valence-corrected chi connectivity index (χ0v) is 17.6. The first-order valence-electron chi connectivity index (χ1n) is 10.5. The molecule has 0 radical (unpaired) electrons. The van der Waals surface area contributed by atoms with Crippen molar-refractivity contribution < 1.29 is 22.7 Å². The molecule has 1 aliphatic heterocycles. The van der Waals surface area contributed by atoms with E-state index in [0.717, 1.165) is 47.1 Å². The van der Waals surface area contributed by atoms with Gasteiger partial charge in [0.25, 0.3) is 0 Å². The molecule has 1 N–H and O–H groups in total. The van der Waals surface area contributed by atoms with Crippen LogP contribution < -0.4 is 4.74 Å². The second kappa shape index (κ2) is 8.29. The van der Waals surface area contributed by atoms with Gasteiger partial charge in [-0.2, -0.15) is 13.2 Å². The smallest absolute Gasteiger partial charge is 0.416 e. The van der Waals surface area contributed by atoms with Crippen LogP contribution in [0.3, 0.4) is 0 Å². The van der Waals surface area contributed by atoms with Crippen LogP contribution in [0, 0.1) is 0 Å². The van der Waals surface area contributed by atoms with Crippen molar-refractivity contribution in [3.05, 3.63) is 64.8 Å². The van der Waals surface area contributed by atoms with Crippen LogP contribution >= 0.6 is 0 Å². The summed E-state index contributed by atoms with van der Waals surface area (Å²) in [6.07, 6.45) is -1.80. The van der Waals surface area contributed by atoms with E-state index < -0.39 is 17.8 Å². The van der Waals surface area contributed by atoms with E-state index in [1.807, 2.05) is 25.1 Å². The molecule has 4 rings (SSSR count). The summed E-state index contributed by atoms with van der Waals surface area (Å²) in [5, 5.41) is 0.979. The molecule has 2 heterocycles. The van der Waals surface area contributed by atoms with Crippen molar-refractivity contribution in [2.24, 2.45) is 0 Å². The van der Waals surface area contributed by atoms with Crippen LogP contribution in [0.1, 0.15) is 54.6 Å². The van der Waals surface area contributed by atoms with Crippen molar-refractivity contribution in [2.75, 3.05) is 13.7 Å². The van der Waals surface area contributed by atoms with E-state index in [0.29, 0.717) is 30.7 Å². The third-order valence-electron chi connectivity index (χ3n) is 5.93. The summed E-state index contributed by atoms with van der Waals surface area (Å²) in [7, 11) is 1.60. The molecule has 2 aromatic carbocycles. The molecule has 1 aromatic heterocycles. The quantitative estimate of drug-likeness (QED) is 0.551. The predicted octanol–water partition coefficient (Wildman–Crippen LogP) is 5.86. The highest BCUT2D eigenvalue weighted by Gasteiger charge is 2.36. The van der Waals surface area contributed by atoms with E-state index in [4.69, 9.17) is 4.74 Å². The van der Waals surface area contributed by atoms with E-state index in [9.17, 15) is 18.0 Å². The van der Waals surface area contributed by atoms with Gasteiger partial charge in [-0.05, 0) is 54.3 Å². The van der Waals surface area contributed by atoms with Crippen LogP contribution in [0.4, 0.5) is 13.2 Å². The van der Waals surface area contributed by atoms with Crippen LogP contribution in [-0.4, -0.2) is 29.4 Å². The minimum Gasteiger partial charge on any atom is -0.497 e. The van der Waals surface area contributed by atoms with Gasteiger partial charge in [-0.1, -0.05) is 25.5 Å². The zero-order chi connectivity index (χ0) is 22.2. The van der Waals surface area contributed by atoms with Gasteiger partial charge in [-0.25, -0.2) is 0 Å². The molecular formula is C24H25F3N2O2. The van der Waals surface area contributed by atoms with Crippen molar-refractivity contribution in [3.8, 4) is 5.75 Å². The number of carbonyl (C=O) groups is 1. The number of hydrogen-bond acceptors (Lipinski definition) is 2. The van der Waals surface area contributed by atoms with E-state index in [-0.39, 0.29) is 5.91 Å². The Morgan fingerprint density at radius 2 is 2.03 bits per heavy atom. The van der Waals surface area contributed by atoms with Crippen molar-refractivity contribution in [1.29, 1.82) is 0 Å². The topological polar surface area (TPSA) is 45.3 Å². The van der Waals surface area contributed by atoms with Crippen LogP contribution in [0.25, 0.3) is 10.9 Å². The first-order chi connectivity index (χ1) is 14.8. The Balaban J connectivity index is 1.86. The van der Waals surface area contributed by atoms with Crippen molar-refractivity contribution >= 4 is 16.8 Å². The number of nitrogens with one attached hydrogen (secondary N) is 1. The molecule has 1 unspecified atom stereocenters. The van der Waals surface area contributed by atoms with Gasteiger partial charge < -0.3 is 14.6 Å². The number of ether oxygens (including phenoxy) is 1. The monoisotopic (exact) mass is 430 g/mol. The van der Waals surface area contributed by atoms with Gasteiger partial charge in [0.05, 0.1) is 18.7 Å².